The van der Waals surface area contributed by atoms with Crippen molar-refractivity contribution in [1.29, 1.82) is 0 Å². The molecule has 0 fully saturated rings. The highest BCUT2D eigenvalue weighted by atomic mass is 32.2. The SMILES string of the molecule is CSc1ncc(C(=O)OCC(=O)NC(C)C(C)C)n1-c1ccccc1. The third-order valence-corrected chi connectivity index (χ3v) is 4.51. The van der Waals surface area contributed by atoms with E-state index in [2.05, 4.69) is 10.3 Å². The standard InChI is InChI=1S/C18H23N3O3S/c1-12(2)13(3)20-16(22)11-24-17(23)15-10-19-18(25-4)21(15)14-8-6-5-7-9-14/h5-10,12-13H,11H2,1-4H3,(H,20,22). The highest BCUT2D eigenvalue weighted by Crippen LogP contribution is 2.22. The molecular formula is C18H23N3O3S. The van der Waals surface area contributed by atoms with Gasteiger partial charge in [-0.2, -0.15) is 0 Å². The Bertz CT molecular complexity index is 728. The van der Waals surface area contributed by atoms with Gasteiger partial charge in [-0.1, -0.05) is 43.8 Å². The number of hydrogen-bond donors (Lipinski definition) is 1. The summed E-state index contributed by atoms with van der Waals surface area (Å²) in [6.07, 6.45) is 3.35. The summed E-state index contributed by atoms with van der Waals surface area (Å²) in [5, 5.41) is 3.48. The van der Waals surface area contributed by atoms with Crippen LogP contribution in [-0.2, 0) is 9.53 Å². The van der Waals surface area contributed by atoms with E-state index < -0.39 is 5.97 Å². The van der Waals surface area contributed by atoms with Crippen LogP contribution < -0.4 is 5.32 Å². The van der Waals surface area contributed by atoms with Crippen LogP contribution >= 0.6 is 11.8 Å². The molecule has 1 heterocycles. The van der Waals surface area contributed by atoms with Gasteiger partial charge in [0.05, 0.1) is 6.20 Å². The lowest BCUT2D eigenvalue weighted by atomic mass is 10.1. The molecule has 6 nitrogen and oxygen atoms in total. The summed E-state index contributed by atoms with van der Waals surface area (Å²) < 4.78 is 6.89. The van der Waals surface area contributed by atoms with Crippen molar-refractivity contribution in [3.8, 4) is 5.69 Å². The van der Waals surface area contributed by atoms with Gasteiger partial charge < -0.3 is 10.1 Å². The fourth-order valence-corrected chi connectivity index (χ4v) is 2.66. The molecule has 25 heavy (non-hydrogen) atoms. The van der Waals surface area contributed by atoms with Crippen molar-refractivity contribution in [2.75, 3.05) is 12.9 Å². The van der Waals surface area contributed by atoms with E-state index in [4.69, 9.17) is 4.74 Å². The molecule has 1 aromatic carbocycles. The van der Waals surface area contributed by atoms with E-state index in [1.54, 1.807) is 4.57 Å². The van der Waals surface area contributed by atoms with Gasteiger partial charge in [0.15, 0.2) is 17.5 Å². The van der Waals surface area contributed by atoms with E-state index in [1.807, 2.05) is 57.4 Å². The molecule has 134 valence electrons. The van der Waals surface area contributed by atoms with E-state index in [1.165, 1.54) is 18.0 Å². The molecule has 0 radical (unpaired) electrons. The van der Waals surface area contributed by atoms with Crippen molar-refractivity contribution >= 4 is 23.6 Å². The van der Waals surface area contributed by atoms with Crippen LogP contribution in [-0.4, -0.2) is 40.3 Å². The second kappa shape index (κ2) is 8.71. The van der Waals surface area contributed by atoms with Crippen LogP contribution in [0, 0.1) is 5.92 Å². The minimum Gasteiger partial charge on any atom is -0.451 e. The number of thioether (sulfide) groups is 1. The largest absolute Gasteiger partial charge is 0.451 e. The Morgan fingerprint density at radius 1 is 1.24 bits per heavy atom. The maximum atomic E-state index is 12.4. The Kier molecular flexibility index (Phi) is 6.64. The zero-order valence-electron chi connectivity index (χ0n) is 14.9. The van der Waals surface area contributed by atoms with Gasteiger partial charge >= 0.3 is 5.97 Å². The topological polar surface area (TPSA) is 73.2 Å². The van der Waals surface area contributed by atoms with Gasteiger partial charge in [0.25, 0.3) is 5.91 Å². The number of rotatable bonds is 7. The maximum absolute atomic E-state index is 12.4. The summed E-state index contributed by atoms with van der Waals surface area (Å²) in [6.45, 7) is 5.63. The van der Waals surface area contributed by atoms with Crippen molar-refractivity contribution < 1.29 is 14.3 Å². The number of imidazole rings is 1. The van der Waals surface area contributed by atoms with E-state index in [0.717, 1.165) is 5.69 Å². The molecule has 1 unspecified atom stereocenters. The zero-order valence-corrected chi connectivity index (χ0v) is 15.7. The second-order valence-electron chi connectivity index (χ2n) is 5.98. The predicted molar refractivity (Wildman–Crippen MR) is 98.1 cm³/mol. The fraction of sp³-hybridized carbons (Fsp3) is 0.389. The minimum absolute atomic E-state index is 0.0177. The number of nitrogens with zero attached hydrogens (tertiary/aromatic N) is 2. The van der Waals surface area contributed by atoms with Gasteiger partial charge in [-0.25, -0.2) is 9.78 Å². The minimum atomic E-state index is -0.580. The Morgan fingerprint density at radius 2 is 1.92 bits per heavy atom. The van der Waals surface area contributed by atoms with Crippen LogP contribution in [0.3, 0.4) is 0 Å². The number of para-hydroxylation sites is 1. The van der Waals surface area contributed by atoms with Crippen molar-refractivity contribution in [3.05, 3.63) is 42.2 Å². The van der Waals surface area contributed by atoms with Gasteiger partial charge in [0.1, 0.15) is 0 Å². The Morgan fingerprint density at radius 3 is 2.52 bits per heavy atom. The number of nitrogens with one attached hydrogen (secondary N) is 1. The van der Waals surface area contributed by atoms with Gasteiger partial charge in [0, 0.05) is 11.7 Å². The number of ether oxygens (including phenoxy) is 1. The van der Waals surface area contributed by atoms with Crippen LogP contribution in [0.25, 0.3) is 5.69 Å². The van der Waals surface area contributed by atoms with Crippen molar-refractivity contribution in [2.45, 2.75) is 32.0 Å². The summed E-state index contributed by atoms with van der Waals surface area (Å²) in [6, 6.07) is 9.45. The number of esters is 1. The van der Waals surface area contributed by atoms with E-state index in [0.29, 0.717) is 16.8 Å². The number of carbonyl (C=O) groups is 2. The van der Waals surface area contributed by atoms with Crippen LogP contribution in [0.2, 0.25) is 0 Å². The van der Waals surface area contributed by atoms with E-state index in [-0.39, 0.29) is 18.6 Å². The first-order valence-electron chi connectivity index (χ1n) is 8.07. The third-order valence-electron chi connectivity index (χ3n) is 3.86. The number of amides is 1. The molecule has 0 bridgehead atoms. The molecule has 0 spiro atoms. The Balaban J connectivity index is 2.10. The molecule has 7 heteroatoms. The summed E-state index contributed by atoms with van der Waals surface area (Å²) in [5.41, 5.74) is 1.11. The van der Waals surface area contributed by atoms with Gasteiger partial charge in [0.2, 0.25) is 0 Å². The average molecular weight is 361 g/mol. The second-order valence-corrected chi connectivity index (χ2v) is 6.75. The van der Waals surface area contributed by atoms with Crippen molar-refractivity contribution in [1.82, 2.24) is 14.9 Å². The lowest BCUT2D eigenvalue weighted by Crippen LogP contribution is -2.38. The van der Waals surface area contributed by atoms with E-state index in [9.17, 15) is 9.59 Å². The van der Waals surface area contributed by atoms with Gasteiger partial charge in [-0.3, -0.25) is 9.36 Å². The Labute approximate surface area is 152 Å². The number of benzene rings is 1. The molecule has 0 aliphatic rings. The number of carbonyl (C=O) groups excluding carboxylic acids is 2. The Hall–Kier alpha value is -2.28. The molecule has 0 saturated heterocycles. The molecule has 0 saturated carbocycles. The van der Waals surface area contributed by atoms with Crippen LogP contribution in [0.5, 0.6) is 0 Å². The lowest BCUT2D eigenvalue weighted by molar-refractivity contribution is -0.125. The third kappa shape index (κ3) is 4.85. The van der Waals surface area contributed by atoms with Crippen LogP contribution in [0.15, 0.2) is 41.7 Å². The molecule has 2 rings (SSSR count). The molecule has 0 aliphatic heterocycles. The molecule has 1 N–H and O–H groups in total. The maximum Gasteiger partial charge on any atom is 0.357 e. The highest BCUT2D eigenvalue weighted by molar-refractivity contribution is 7.98. The predicted octanol–water partition coefficient (Wildman–Crippen LogP) is 2.91. The smallest absolute Gasteiger partial charge is 0.357 e. The van der Waals surface area contributed by atoms with Gasteiger partial charge in [-0.05, 0) is 31.2 Å². The summed E-state index contributed by atoms with van der Waals surface area (Å²) >= 11 is 1.43. The van der Waals surface area contributed by atoms with Crippen molar-refractivity contribution in [2.24, 2.45) is 5.92 Å². The monoisotopic (exact) mass is 361 g/mol. The molecule has 1 atom stereocenters. The average Bonchev–Trinajstić information content (AvgIpc) is 3.04. The quantitative estimate of drug-likeness (QED) is 0.606. The first kappa shape index (κ1) is 19.1. The molecule has 1 amide bonds. The summed E-state index contributed by atoms with van der Waals surface area (Å²) in [4.78, 5) is 28.6. The molecular weight excluding hydrogens is 338 g/mol. The highest BCUT2D eigenvalue weighted by Gasteiger charge is 2.20. The van der Waals surface area contributed by atoms with Crippen LogP contribution in [0.4, 0.5) is 0 Å². The fourth-order valence-electron chi connectivity index (χ4n) is 2.12. The summed E-state index contributed by atoms with van der Waals surface area (Å²) in [7, 11) is 0. The zero-order chi connectivity index (χ0) is 18.4. The first-order valence-corrected chi connectivity index (χ1v) is 9.30. The molecule has 1 aromatic heterocycles. The molecule has 0 aliphatic carbocycles. The van der Waals surface area contributed by atoms with Crippen molar-refractivity contribution in [3.63, 3.8) is 0 Å². The lowest BCUT2D eigenvalue weighted by Gasteiger charge is -2.17. The normalized spacial score (nSPS) is 12.0. The van der Waals surface area contributed by atoms with E-state index >= 15 is 0 Å². The van der Waals surface area contributed by atoms with Crippen LogP contribution in [0.1, 0.15) is 31.3 Å². The first-order chi connectivity index (χ1) is 11.9. The van der Waals surface area contributed by atoms with Gasteiger partial charge in [-0.15, -0.1) is 0 Å². The summed E-state index contributed by atoms with van der Waals surface area (Å²) in [5.74, 6) is -0.585. The number of hydrogen-bond acceptors (Lipinski definition) is 5. The number of aromatic nitrogens is 2. The molecule has 2 aromatic rings.